The highest BCUT2D eigenvalue weighted by Crippen LogP contribution is 2.30. The summed E-state index contributed by atoms with van der Waals surface area (Å²) >= 11 is 0. The normalized spacial score (nSPS) is 16.8. The van der Waals surface area contributed by atoms with E-state index in [2.05, 4.69) is 9.44 Å². The van der Waals surface area contributed by atoms with Gasteiger partial charge in [-0.25, -0.2) is 0 Å². The van der Waals surface area contributed by atoms with Gasteiger partial charge in [-0.1, -0.05) is 59.8 Å². The minimum atomic E-state index is -3.88. The Hall–Kier alpha value is -3.23. The standard InChI is InChI=1S/C24H23NO6S/c1-32(27,28)31-25-23(17-8-3-2-4-9-17)24(26)21-13-14-22(20-12-6-5-11-19(20)21)30-16-18-10-7-15-29-18/h2-6,8-9,11-14,18H,7,10,15-16H2,1H3/b25-23+. The molecule has 0 aromatic heterocycles. The molecule has 3 aromatic carbocycles. The van der Waals surface area contributed by atoms with Crippen LogP contribution in [0.25, 0.3) is 10.8 Å². The summed E-state index contributed by atoms with van der Waals surface area (Å²) < 4.78 is 39.2. The van der Waals surface area contributed by atoms with Crippen LogP contribution in [0.4, 0.5) is 0 Å². The fourth-order valence-electron chi connectivity index (χ4n) is 3.61. The fourth-order valence-corrected chi connectivity index (χ4v) is 3.82. The maximum absolute atomic E-state index is 13.5. The molecule has 8 heteroatoms. The minimum absolute atomic E-state index is 0.0695. The zero-order valence-electron chi connectivity index (χ0n) is 17.6. The van der Waals surface area contributed by atoms with Crippen LogP contribution in [0.15, 0.2) is 71.9 Å². The summed E-state index contributed by atoms with van der Waals surface area (Å²) in [6.45, 7) is 1.19. The van der Waals surface area contributed by atoms with Gasteiger partial charge in [0.2, 0.25) is 5.78 Å². The summed E-state index contributed by atoms with van der Waals surface area (Å²) in [7, 11) is -3.88. The lowest BCUT2D eigenvalue weighted by molar-refractivity contribution is 0.0685. The van der Waals surface area contributed by atoms with Gasteiger partial charge in [-0.05, 0) is 30.4 Å². The number of ketones is 1. The van der Waals surface area contributed by atoms with E-state index in [0.29, 0.717) is 28.9 Å². The zero-order chi connectivity index (χ0) is 22.6. The highest BCUT2D eigenvalue weighted by molar-refractivity contribution is 7.85. The van der Waals surface area contributed by atoms with Crippen molar-refractivity contribution < 1.29 is 27.0 Å². The second-order valence-electron chi connectivity index (χ2n) is 7.52. The van der Waals surface area contributed by atoms with Crippen LogP contribution in [0.1, 0.15) is 28.8 Å². The van der Waals surface area contributed by atoms with Gasteiger partial charge in [-0.3, -0.25) is 9.08 Å². The van der Waals surface area contributed by atoms with Crippen LogP contribution >= 0.6 is 0 Å². The van der Waals surface area contributed by atoms with E-state index in [-0.39, 0.29) is 11.8 Å². The van der Waals surface area contributed by atoms with Gasteiger partial charge in [-0.2, -0.15) is 8.42 Å². The number of hydrogen-bond acceptors (Lipinski definition) is 7. The largest absolute Gasteiger partial charge is 0.490 e. The zero-order valence-corrected chi connectivity index (χ0v) is 18.4. The lowest BCUT2D eigenvalue weighted by Gasteiger charge is -2.15. The molecule has 0 aliphatic carbocycles. The Bertz CT molecular complexity index is 1250. The molecule has 1 aliphatic rings. The second kappa shape index (κ2) is 9.50. The van der Waals surface area contributed by atoms with E-state index >= 15 is 0 Å². The van der Waals surface area contributed by atoms with Crippen molar-refractivity contribution in [2.45, 2.75) is 18.9 Å². The van der Waals surface area contributed by atoms with Gasteiger partial charge in [0.1, 0.15) is 12.4 Å². The smallest absolute Gasteiger partial charge is 0.325 e. The molecular formula is C24H23NO6S. The number of ether oxygens (including phenoxy) is 2. The van der Waals surface area contributed by atoms with Gasteiger partial charge in [-0.15, -0.1) is 0 Å². The van der Waals surface area contributed by atoms with Crippen LogP contribution in [0, 0.1) is 0 Å². The predicted molar refractivity (Wildman–Crippen MR) is 122 cm³/mol. The van der Waals surface area contributed by atoms with Crippen molar-refractivity contribution in [2.75, 3.05) is 19.5 Å². The van der Waals surface area contributed by atoms with Gasteiger partial charge in [0.05, 0.1) is 12.4 Å². The molecule has 1 atom stereocenters. The Kier molecular flexibility index (Phi) is 6.53. The number of oxime groups is 1. The van der Waals surface area contributed by atoms with Crippen LogP contribution in [0.3, 0.4) is 0 Å². The maximum Gasteiger partial charge on any atom is 0.325 e. The molecule has 1 saturated heterocycles. The maximum atomic E-state index is 13.5. The van der Waals surface area contributed by atoms with Crippen molar-refractivity contribution in [1.82, 2.24) is 0 Å². The van der Waals surface area contributed by atoms with Crippen LogP contribution in [0.2, 0.25) is 0 Å². The fraction of sp³-hybridized carbons (Fsp3) is 0.250. The molecule has 1 unspecified atom stereocenters. The van der Waals surface area contributed by atoms with Crippen LogP contribution in [-0.4, -0.2) is 45.5 Å². The molecule has 0 amide bonds. The van der Waals surface area contributed by atoms with Gasteiger partial charge in [0, 0.05) is 23.1 Å². The molecule has 0 radical (unpaired) electrons. The quantitative estimate of drug-likeness (QED) is 0.291. The lowest BCUT2D eigenvalue weighted by Crippen LogP contribution is -2.18. The van der Waals surface area contributed by atoms with Crippen molar-refractivity contribution in [2.24, 2.45) is 5.16 Å². The first-order valence-electron chi connectivity index (χ1n) is 10.3. The van der Waals surface area contributed by atoms with E-state index in [1.165, 1.54) is 0 Å². The first-order chi connectivity index (χ1) is 15.4. The third-order valence-corrected chi connectivity index (χ3v) is 5.45. The predicted octanol–water partition coefficient (Wildman–Crippen LogP) is 3.96. The summed E-state index contributed by atoms with van der Waals surface area (Å²) in [6, 6.07) is 19.4. The van der Waals surface area contributed by atoms with Crippen molar-refractivity contribution in [3.8, 4) is 5.75 Å². The molecule has 3 aromatic rings. The van der Waals surface area contributed by atoms with E-state index in [9.17, 15) is 13.2 Å². The lowest BCUT2D eigenvalue weighted by atomic mass is 9.95. The van der Waals surface area contributed by atoms with Crippen molar-refractivity contribution in [1.29, 1.82) is 0 Å². The third kappa shape index (κ3) is 5.15. The summed E-state index contributed by atoms with van der Waals surface area (Å²) in [5.41, 5.74) is 0.711. The second-order valence-corrected chi connectivity index (χ2v) is 9.07. The number of hydrogen-bond donors (Lipinski definition) is 0. The molecule has 1 aliphatic heterocycles. The molecule has 4 rings (SSSR count). The molecule has 0 spiro atoms. The van der Waals surface area contributed by atoms with E-state index in [4.69, 9.17) is 9.47 Å². The van der Waals surface area contributed by atoms with Gasteiger partial charge in [0.25, 0.3) is 0 Å². The van der Waals surface area contributed by atoms with Crippen LogP contribution < -0.4 is 4.74 Å². The number of Topliss-reactive ketones (excluding diaryl/α,β-unsaturated/α-hetero) is 1. The Labute approximate surface area is 186 Å². The molecule has 0 N–H and O–H groups in total. The molecule has 0 bridgehead atoms. The van der Waals surface area contributed by atoms with E-state index in [0.717, 1.165) is 31.1 Å². The van der Waals surface area contributed by atoms with Crippen molar-refractivity contribution in [3.05, 3.63) is 77.9 Å². The number of fused-ring (bicyclic) bond motifs is 1. The van der Waals surface area contributed by atoms with Gasteiger partial charge in [0.15, 0.2) is 5.71 Å². The SMILES string of the molecule is CS(=O)(=O)O/N=C(/C(=O)c1ccc(OCC2CCCO2)c2ccccc12)c1ccccc1. The average molecular weight is 454 g/mol. The summed E-state index contributed by atoms with van der Waals surface area (Å²) in [6.07, 6.45) is 2.93. The van der Waals surface area contributed by atoms with Crippen LogP contribution in [-0.2, 0) is 19.1 Å². The van der Waals surface area contributed by atoms with Crippen molar-refractivity contribution >= 4 is 32.4 Å². The first kappa shape index (κ1) is 22.0. The number of carbonyl (C=O) groups excluding carboxylic acids is 1. The molecule has 32 heavy (non-hydrogen) atoms. The number of carbonyl (C=O) groups is 1. The molecular weight excluding hydrogens is 430 g/mol. The average Bonchev–Trinajstić information content (AvgIpc) is 3.31. The van der Waals surface area contributed by atoms with Crippen molar-refractivity contribution in [3.63, 3.8) is 0 Å². The Morgan fingerprint density at radius 1 is 1.03 bits per heavy atom. The van der Waals surface area contributed by atoms with Crippen LogP contribution in [0.5, 0.6) is 5.75 Å². The monoisotopic (exact) mass is 453 g/mol. The summed E-state index contributed by atoms with van der Waals surface area (Å²) in [5, 5.41) is 5.13. The molecule has 1 fully saturated rings. The highest BCUT2D eigenvalue weighted by Gasteiger charge is 2.22. The molecule has 0 saturated carbocycles. The molecule has 1 heterocycles. The van der Waals surface area contributed by atoms with E-state index < -0.39 is 15.9 Å². The molecule has 166 valence electrons. The number of rotatable bonds is 8. The summed E-state index contributed by atoms with van der Waals surface area (Å²) in [4.78, 5) is 13.5. The Morgan fingerprint density at radius 2 is 1.75 bits per heavy atom. The van der Waals surface area contributed by atoms with E-state index in [1.54, 1.807) is 42.5 Å². The topological polar surface area (TPSA) is 91.3 Å². The minimum Gasteiger partial charge on any atom is -0.490 e. The number of benzene rings is 3. The van der Waals surface area contributed by atoms with E-state index in [1.807, 2.05) is 24.3 Å². The Balaban J connectivity index is 1.72. The molecule has 7 nitrogen and oxygen atoms in total. The third-order valence-electron chi connectivity index (χ3n) is 5.10. The van der Waals surface area contributed by atoms with Gasteiger partial charge < -0.3 is 9.47 Å². The first-order valence-corrected chi connectivity index (χ1v) is 12.1. The van der Waals surface area contributed by atoms with Gasteiger partial charge >= 0.3 is 10.1 Å². The number of nitrogens with zero attached hydrogens (tertiary/aromatic N) is 1. The summed E-state index contributed by atoms with van der Waals surface area (Å²) in [5.74, 6) is 0.194. The Morgan fingerprint density at radius 3 is 2.44 bits per heavy atom. The highest BCUT2D eigenvalue weighted by atomic mass is 32.2.